The van der Waals surface area contributed by atoms with Crippen LogP contribution in [0.15, 0.2) is 0 Å². The van der Waals surface area contributed by atoms with E-state index < -0.39 is 16.5 Å². The van der Waals surface area contributed by atoms with Crippen LogP contribution in [0.5, 0.6) is 0 Å². The average Bonchev–Trinajstić information content (AvgIpc) is 2.98. The molecule has 0 aromatic carbocycles. The lowest BCUT2D eigenvalue weighted by Gasteiger charge is -2.33. The fourth-order valence-electron chi connectivity index (χ4n) is 5.19. The van der Waals surface area contributed by atoms with Gasteiger partial charge in [0.05, 0.1) is 28.3 Å². The highest BCUT2D eigenvalue weighted by molar-refractivity contribution is 7.80. The molecule has 0 spiro atoms. The molecular weight excluding hydrogens is 594 g/mol. The van der Waals surface area contributed by atoms with Gasteiger partial charge in [0.25, 0.3) is 0 Å². The molecule has 0 aliphatic heterocycles. The number of hydrogen-bond acceptors (Lipinski definition) is 8. The van der Waals surface area contributed by atoms with Gasteiger partial charge in [-0.15, -0.1) is 0 Å². The molecule has 0 aliphatic rings. The summed E-state index contributed by atoms with van der Waals surface area (Å²) in [6, 6.07) is 0. The van der Waals surface area contributed by atoms with E-state index in [1.54, 1.807) is 0 Å². The molecule has 2 unspecified atom stereocenters. The van der Waals surface area contributed by atoms with E-state index in [0.717, 1.165) is 39.2 Å². The number of carbonyl (C=O) groups is 2. The number of quaternary nitrogens is 1. The molecule has 0 fully saturated rings. The van der Waals surface area contributed by atoms with Gasteiger partial charge in [-0.25, -0.2) is 13.2 Å². The Bertz CT molecular complexity index is 798. The van der Waals surface area contributed by atoms with Crippen LogP contribution in [-0.4, -0.2) is 70.0 Å². The number of ether oxygens (including phenoxy) is 2. The summed E-state index contributed by atoms with van der Waals surface area (Å²) in [5.41, 5.74) is 0. The second-order valence-electron chi connectivity index (χ2n) is 13.2. The first-order valence-corrected chi connectivity index (χ1v) is 19.4. The fraction of sp³-hybridized carbons (Fsp3) is 0.943. The van der Waals surface area contributed by atoms with Gasteiger partial charge in [0.1, 0.15) is 0 Å². The Balaban J connectivity index is 0. The third-order valence-electron chi connectivity index (χ3n) is 8.01. The number of nitrogens with zero attached hydrogens (tertiary/aromatic N) is 1. The second kappa shape index (κ2) is 30.1. The smallest absolute Gasteiger partial charge is 0.351 e. The van der Waals surface area contributed by atoms with E-state index >= 15 is 0 Å². The Morgan fingerprint density at radius 1 is 0.622 bits per heavy atom. The average molecular weight is 666 g/mol. The zero-order valence-corrected chi connectivity index (χ0v) is 31.1. The summed E-state index contributed by atoms with van der Waals surface area (Å²) in [6.07, 6.45) is 26.8. The largest absolute Gasteiger partial charge is 0.726 e. The van der Waals surface area contributed by atoms with Gasteiger partial charge in [-0.1, -0.05) is 143 Å². The van der Waals surface area contributed by atoms with Crippen LogP contribution in [0.25, 0.3) is 0 Å². The number of esters is 2. The van der Waals surface area contributed by atoms with Crippen molar-refractivity contribution in [3.05, 3.63) is 0 Å². The molecule has 2 atom stereocenters. The zero-order chi connectivity index (χ0) is 34.4. The molecule has 270 valence electrons. The van der Waals surface area contributed by atoms with E-state index in [1.165, 1.54) is 109 Å². The summed E-state index contributed by atoms with van der Waals surface area (Å²) >= 11 is 0. The van der Waals surface area contributed by atoms with Gasteiger partial charge in [-0.05, 0) is 19.3 Å². The standard InChI is InChI=1S/C34H68NO4.CH4O4S/c1-7-10-12-14-16-18-19-20-21-22-24-26-28-30-33(36)38-31(29-27-25-23-17-15-13-11-8-2)34(37)39-32(9-3)35(4,5)6;1-5-6(2,3)4/h31-32H,7-30H2,1-6H3;1H3,(H,2,3,4)/q+1;/p-1. The molecule has 0 radical (unpaired) electrons. The minimum atomic E-state index is -4.41. The van der Waals surface area contributed by atoms with Crippen molar-refractivity contribution in [2.75, 3.05) is 28.3 Å². The van der Waals surface area contributed by atoms with E-state index in [9.17, 15) is 22.6 Å². The van der Waals surface area contributed by atoms with Gasteiger partial charge >= 0.3 is 11.9 Å². The van der Waals surface area contributed by atoms with Crippen LogP contribution < -0.4 is 0 Å². The van der Waals surface area contributed by atoms with Crippen LogP contribution in [0.1, 0.15) is 175 Å². The Morgan fingerprint density at radius 2 is 0.978 bits per heavy atom. The van der Waals surface area contributed by atoms with Gasteiger partial charge in [0.2, 0.25) is 16.6 Å². The first-order chi connectivity index (χ1) is 21.3. The quantitative estimate of drug-likeness (QED) is 0.0194. The molecule has 10 heteroatoms. The topological polar surface area (TPSA) is 119 Å². The summed E-state index contributed by atoms with van der Waals surface area (Å²) in [7, 11) is 2.47. The molecule has 0 rings (SSSR count). The van der Waals surface area contributed by atoms with Crippen LogP contribution >= 0.6 is 0 Å². The number of rotatable bonds is 29. The summed E-state index contributed by atoms with van der Waals surface area (Å²) in [5.74, 6) is -0.630. The van der Waals surface area contributed by atoms with Crippen LogP contribution in [0.4, 0.5) is 0 Å². The molecule has 0 amide bonds. The van der Waals surface area contributed by atoms with Crippen molar-refractivity contribution in [2.24, 2.45) is 0 Å². The van der Waals surface area contributed by atoms with Crippen LogP contribution in [0.2, 0.25) is 0 Å². The summed E-state index contributed by atoms with van der Waals surface area (Å²) in [6.45, 7) is 6.53. The van der Waals surface area contributed by atoms with Crippen molar-refractivity contribution < 1.29 is 40.7 Å². The Morgan fingerprint density at radius 3 is 1.31 bits per heavy atom. The van der Waals surface area contributed by atoms with Crippen LogP contribution in [0.3, 0.4) is 0 Å². The molecule has 45 heavy (non-hydrogen) atoms. The number of carbonyl (C=O) groups excluding carboxylic acids is 2. The molecule has 9 nitrogen and oxygen atoms in total. The number of hydrogen-bond donors (Lipinski definition) is 0. The Hall–Kier alpha value is -1.23. The molecule has 0 N–H and O–H groups in total. The van der Waals surface area contributed by atoms with Crippen molar-refractivity contribution >= 4 is 22.3 Å². The SMILES string of the molecule is CCCCCCCCCCCCCCCC(=O)OC(CCCCCCCCCC)C(=O)OC(CC)[N+](C)(C)C.COS(=O)(=O)[O-]. The lowest BCUT2D eigenvalue weighted by Crippen LogP contribution is -2.48. The molecule has 0 bridgehead atoms. The maximum atomic E-state index is 13.0. The van der Waals surface area contributed by atoms with Crippen LogP contribution in [-0.2, 0) is 33.6 Å². The fourth-order valence-corrected chi connectivity index (χ4v) is 5.19. The van der Waals surface area contributed by atoms with Gasteiger partial charge in [0, 0.05) is 12.8 Å². The maximum Gasteiger partial charge on any atom is 0.351 e. The minimum Gasteiger partial charge on any atom is -0.726 e. The van der Waals surface area contributed by atoms with Crippen molar-refractivity contribution in [3.63, 3.8) is 0 Å². The molecule has 0 heterocycles. The lowest BCUT2D eigenvalue weighted by molar-refractivity contribution is -0.917. The van der Waals surface area contributed by atoms with Crippen molar-refractivity contribution in [3.8, 4) is 0 Å². The van der Waals surface area contributed by atoms with E-state index in [-0.39, 0.29) is 18.2 Å². The van der Waals surface area contributed by atoms with Gasteiger partial charge in [-0.2, -0.15) is 0 Å². The molecule has 0 aliphatic carbocycles. The maximum absolute atomic E-state index is 13.0. The lowest BCUT2D eigenvalue weighted by atomic mass is 10.0. The van der Waals surface area contributed by atoms with Crippen molar-refractivity contribution in [2.45, 2.75) is 187 Å². The second-order valence-corrected chi connectivity index (χ2v) is 14.4. The Kier molecular flexibility index (Phi) is 30.7. The third-order valence-corrected chi connectivity index (χ3v) is 8.42. The number of unbranched alkanes of at least 4 members (excludes halogenated alkanes) is 19. The molecule has 0 saturated carbocycles. The first-order valence-electron chi connectivity index (χ1n) is 18.0. The van der Waals surface area contributed by atoms with Gasteiger partial charge in [-0.3, -0.25) is 13.5 Å². The van der Waals surface area contributed by atoms with Crippen molar-refractivity contribution in [1.82, 2.24) is 0 Å². The monoisotopic (exact) mass is 665 g/mol. The van der Waals surface area contributed by atoms with Crippen molar-refractivity contribution in [1.29, 1.82) is 0 Å². The van der Waals surface area contributed by atoms with E-state index in [0.29, 0.717) is 17.3 Å². The van der Waals surface area contributed by atoms with Gasteiger partial charge < -0.3 is 14.0 Å². The predicted molar refractivity (Wildman–Crippen MR) is 182 cm³/mol. The van der Waals surface area contributed by atoms with E-state index in [1.807, 2.05) is 28.1 Å². The highest BCUT2D eigenvalue weighted by atomic mass is 32.3. The molecule has 0 aromatic rings. The summed E-state index contributed by atoms with van der Waals surface area (Å²) < 4.78 is 43.1. The first kappa shape index (κ1) is 45.9. The summed E-state index contributed by atoms with van der Waals surface area (Å²) in [4.78, 5) is 25.6. The highest BCUT2D eigenvalue weighted by Gasteiger charge is 2.31. The minimum absolute atomic E-state index is 0.238. The highest BCUT2D eigenvalue weighted by Crippen LogP contribution is 2.18. The van der Waals surface area contributed by atoms with E-state index in [4.69, 9.17) is 9.47 Å². The predicted octanol–water partition coefficient (Wildman–Crippen LogP) is 8.99. The Labute approximate surface area is 278 Å². The van der Waals surface area contributed by atoms with Crippen LogP contribution in [0, 0.1) is 0 Å². The summed E-state index contributed by atoms with van der Waals surface area (Å²) in [5, 5.41) is 0. The third kappa shape index (κ3) is 32.5. The molecule has 0 saturated heterocycles. The normalized spacial score (nSPS) is 13.1. The molecule has 0 aromatic heterocycles. The van der Waals surface area contributed by atoms with Gasteiger partial charge in [0.15, 0.2) is 6.10 Å². The zero-order valence-electron chi connectivity index (χ0n) is 30.2. The molecular formula is C35H71NO8S. The van der Waals surface area contributed by atoms with E-state index in [2.05, 4.69) is 18.0 Å².